The molecule has 0 fully saturated rings. The third kappa shape index (κ3) is 11.4. The first kappa shape index (κ1) is 17.8. The Balaban J connectivity index is 0. The van der Waals surface area contributed by atoms with Gasteiger partial charge in [0, 0.05) is 6.42 Å². The molecular formula is C10H18INO4. The van der Waals surface area contributed by atoms with Crippen molar-refractivity contribution in [2.45, 2.75) is 20.3 Å². The van der Waals surface area contributed by atoms with Gasteiger partial charge < -0.3 is 15.5 Å². The lowest BCUT2D eigenvalue weighted by Gasteiger charge is -2.04. The average Bonchev–Trinajstić information content (AvgIpc) is 2.15. The second kappa shape index (κ2) is 10.9. The van der Waals surface area contributed by atoms with Crippen LogP contribution in [-0.2, 0) is 9.59 Å². The summed E-state index contributed by atoms with van der Waals surface area (Å²) in [6.07, 6.45) is -0.0226. The summed E-state index contributed by atoms with van der Waals surface area (Å²) in [4.78, 5) is 20.5. The Kier molecular flexibility index (Phi) is 12.1. The number of rotatable bonds is 6. The van der Waals surface area contributed by atoms with Crippen LogP contribution in [0.15, 0.2) is 10.2 Å². The van der Waals surface area contributed by atoms with Gasteiger partial charge in [0.05, 0.1) is 0 Å². The third-order valence-electron chi connectivity index (χ3n) is 1.52. The van der Waals surface area contributed by atoms with Gasteiger partial charge in [0.15, 0.2) is 5.92 Å². The van der Waals surface area contributed by atoms with Crippen molar-refractivity contribution in [2.24, 2.45) is 5.92 Å². The Morgan fingerprint density at radius 1 is 1.25 bits per heavy atom. The molecule has 3 N–H and O–H groups in total. The number of allylic oxidation sites excluding steroid dienone is 1. The highest BCUT2D eigenvalue weighted by Crippen LogP contribution is 2.16. The smallest absolute Gasteiger partial charge is 0.318 e. The van der Waals surface area contributed by atoms with E-state index in [-0.39, 0.29) is 6.42 Å². The summed E-state index contributed by atoms with van der Waals surface area (Å²) in [5.74, 6) is -4.01. The van der Waals surface area contributed by atoms with E-state index >= 15 is 0 Å². The Bertz CT molecular complexity index is 227. The number of aliphatic carboxylic acids is 2. The summed E-state index contributed by atoms with van der Waals surface area (Å²) < 4.78 is 0.525. The zero-order valence-electron chi connectivity index (χ0n) is 9.49. The van der Waals surface area contributed by atoms with Crippen molar-refractivity contribution in [1.29, 1.82) is 0 Å². The first-order valence-corrected chi connectivity index (χ1v) is 5.94. The summed E-state index contributed by atoms with van der Waals surface area (Å²) >= 11 is 1.80. The number of hydrogen-bond donors (Lipinski definition) is 3. The number of carboxylic acid groups (broad SMARTS) is 2. The molecule has 94 valence electrons. The minimum Gasteiger partial charge on any atom is -0.481 e. The van der Waals surface area contributed by atoms with Crippen LogP contribution in [-0.4, -0.2) is 35.2 Å². The van der Waals surface area contributed by atoms with E-state index in [0.29, 0.717) is 3.58 Å². The largest absolute Gasteiger partial charge is 0.481 e. The molecule has 0 bridgehead atoms. The van der Waals surface area contributed by atoms with Crippen molar-refractivity contribution in [1.82, 2.24) is 5.32 Å². The standard InChI is InChI=1S/C6H7IO4.C4H11N/c1-3(7)2-4(5(8)9)6(10)11;1-3-5-4-2/h4H,1-2H2,(H,8,9)(H,10,11);5H,3-4H2,1-2H3. The molecule has 0 heterocycles. The summed E-state index contributed by atoms with van der Waals surface area (Å²) in [7, 11) is 0. The summed E-state index contributed by atoms with van der Waals surface area (Å²) in [5, 5.41) is 19.8. The van der Waals surface area contributed by atoms with E-state index in [1.54, 1.807) is 22.6 Å². The quantitative estimate of drug-likeness (QED) is 0.505. The van der Waals surface area contributed by atoms with Gasteiger partial charge in [-0.2, -0.15) is 0 Å². The van der Waals surface area contributed by atoms with Crippen LogP contribution in [0.1, 0.15) is 20.3 Å². The first-order valence-electron chi connectivity index (χ1n) is 4.86. The molecule has 0 spiro atoms. The lowest BCUT2D eigenvalue weighted by Crippen LogP contribution is -2.23. The van der Waals surface area contributed by atoms with Crippen molar-refractivity contribution in [3.05, 3.63) is 10.2 Å². The van der Waals surface area contributed by atoms with E-state index < -0.39 is 17.9 Å². The maximum atomic E-state index is 10.3. The first-order chi connectivity index (χ1) is 7.36. The zero-order valence-corrected chi connectivity index (χ0v) is 11.7. The molecule has 0 aromatic heterocycles. The molecule has 0 rings (SSSR count). The summed E-state index contributed by atoms with van der Waals surface area (Å²) in [6.45, 7) is 9.81. The van der Waals surface area contributed by atoms with Crippen LogP contribution < -0.4 is 5.32 Å². The molecular weight excluding hydrogens is 325 g/mol. The fourth-order valence-electron chi connectivity index (χ4n) is 0.752. The molecule has 0 aromatic carbocycles. The predicted octanol–water partition coefficient (Wildman–Crippen LogP) is 1.73. The van der Waals surface area contributed by atoms with Crippen LogP contribution in [0.25, 0.3) is 0 Å². The molecule has 0 saturated heterocycles. The average molecular weight is 343 g/mol. The van der Waals surface area contributed by atoms with Gasteiger partial charge >= 0.3 is 11.9 Å². The molecule has 0 unspecified atom stereocenters. The molecule has 0 aliphatic rings. The maximum Gasteiger partial charge on any atom is 0.318 e. The number of nitrogens with one attached hydrogen (secondary N) is 1. The minimum absolute atomic E-state index is 0.0226. The van der Waals surface area contributed by atoms with Gasteiger partial charge in [0.1, 0.15) is 0 Å². The monoisotopic (exact) mass is 343 g/mol. The van der Waals surface area contributed by atoms with Crippen LogP contribution in [0.3, 0.4) is 0 Å². The molecule has 0 saturated carbocycles. The van der Waals surface area contributed by atoms with Crippen molar-refractivity contribution in [2.75, 3.05) is 13.1 Å². The second-order valence-electron chi connectivity index (χ2n) is 2.91. The van der Waals surface area contributed by atoms with Crippen LogP contribution in [0, 0.1) is 5.92 Å². The molecule has 6 heteroatoms. The molecule has 5 nitrogen and oxygen atoms in total. The third-order valence-corrected chi connectivity index (χ3v) is 1.96. The van der Waals surface area contributed by atoms with Gasteiger partial charge in [0.2, 0.25) is 0 Å². The predicted molar refractivity (Wildman–Crippen MR) is 70.8 cm³/mol. The van der Waals surface area contributed by atoms with Crippen molar-refractivity contribution in [3.63, 3.8) is 0 Å². The molecule has 16 heavy (non-hydrogen) atoms. The highest BCUT2D eigenvalue weighted by atomic mass is 127. The van der Waals surface area contributed by atoms with Crippen molar-refractivity contribution >= 4 is 34.5 Å². The van der Waals surface area contributed by atoms with Gasteiger partial charge in [-0.25, -0.2) is 0 Å². The Labute approximate surface area is 109 Å². The fraction of sp³-hybridized carbons (Fsp3) is 0.600. The van der Waals surface area contributed by atoms with Gasteiger partial charge in [0.25, 0.3) is 0 Å². The van der Waals surface area contributed by atoms with E-state index in [0.717, 1.165) is 13.1 Å². The number of carbonyl (C=O) groups is 2. The molecule has 0 radical (unpaired) electrons. The second-order valence-corrected chi connectivity index (χ2v) is 4.43. The summed E-state index contributed by atoms with van der Waals surface area (Å²) in [5.41, 5.74) is 0. The van der Waals surface area contributed by atoms with E-state index in [9.17, 15) is 9.59 Å². The lowest BCUT2D eigenvalue weighted by molar-refractivity contribution is -0.154. The van der Waals surface area contributed by atoms with Gasteiger partial charge in [-0.3, -0.25) is 9.59 Å². The Morgan fingerprint density at radius 3 is 1.69 bits per heavy atom. The number of halogens is 1. The highest BCUT2D eigenvalue weighted by Gasteiger charge is 2.25. The Morgan fingerprint density at radius 2 is 1.62 bits per heavy atom. The zero-order chi connectivity index (χ0) is 13.1. The van der Waals surface area contributed by atoms with Gasteiger partial charge in [-0.1, -0.05) is 20.4 Å². The minimum atomic E-state index is -1.36. The van der Waals surface area contributed by atoms with Crippen LogP contribution in [0.2, 0.25) is 0 Å². The SMILES string of the molecule is C=C(I)CC(C(=O)O)C(=O)O.CCNCC. The van der Waals surface area contributed by atoms with E-state index in [4.69, 9.17) is 10.2 Å². The Hall–Kier alpha value is -0.630. The van der Waals surface area contributed by atoms with E-state index in [1.165, 1.54) is 0 Å². The normalized spacial score (nSPS) is 9.25. The van der Waals surface area contributed by atoms with Crippen LogP contribution in [0.5, 0.6) is 0 Å². The molecule has 0 aromatic rings. The van der Waals surface area contributed by atoms with Gasteiger partial charge in [-0.15, -0.1) is 0 Å². The van der Waals surface area contributed by atoms with Crippen LogP contribution in [0.4, 0.5) is 0 Å². The highest BCUT2D eigenvalue weighted by molar-refractivity contribution is 14.1. The van der Waals surface area contributed by atoms with Crippen molar-refractivity contribution < 1.29 is 19.8 Å². The van der Waals surface area contributed by atoms with E-state index in [2.05, 4.69) is 25.7 Å². The number of carboxylic acids is 2. The molecule has 0 aliphatic carbocycles. The molecule has 0 aliphatic heterocycles. The van der Waals surface area contributed by atoms with Crippen molar-refractivity contribution in [3.8, 4) is 0 Å². The van der Waals surface area contributed by atoms with E-state index in [1.807, 2.05) is 0 Å². The molecule has 0 atom stereocenters. The van der Waals surface area contributed by atoms with Gasteiger partial charge in [-0.05, 0) is 39.3 Å². The van der Waals surface area contributed by atoms with Crippen LogP contribution >= 0.6 is 22.6 Å². The topological polar surface area (TPSA) is 86.6 Å². The summed E-state index contributed by atoms with van der Waals surface area (Å²) in [6, 6.07) is 0. The molecule has 0 amide bonds. The fourth-order valence-corrected chi connectivity index (χ4v) is 1.19. The lowest BCUT2D eigenvalue weighted by atomic mass is 10.1. The maximum absolute atomic E-state index is 10.3. The number of hydrogen-bond acceptors (Lipinski definition) is 3.